The second-order valence-corrected chi connectivity index (χ2v) is 4.03. The molecular formula is C12H15FO2. The summed E-state index contributed by atoms with van der Waals surface area (Å²) in [5.74, 6) is -0.305. The molecule has 1 N–H and O–H groups in total. The Labute approximate surface area is 88.7 Å². The SMILES string of the molecule is CCOC1CC(O)(c2cccc(F)c2)C1. The highest BCUT2D eigenvalue weighted by Gasteiger charge is 2.44. The van der Waals surface area contributed by atoms with Crippen LogP contribution in [0.3, 0.4) is 0 Å². The summed E-state index contributed by atoms with van der Waals surface area (Å²) >= 11 is 0. The summed E-state index contributed by atoms with van der Waals surface area (Å²) in [5.41, 5.74) is -0.236. The van der Waals surface area contributed by atoms with Crippen LogP contribution in [0.4, 0.5) is 4.39 Å². The van der Waals surface area contributed by atoms with Gasteiger partial charge in [-0.3, -0.25) is 0 Å². The Kier molecular flexibility index (Phi) is 2.76. The molecule has 3 heteroatoms. The van der Waals surface area contributed by atoms with Crippen LogP contribution in [0.15, 0.2) is 24.3 Å². The highest BCUT2D eigenvalue weighted by atomic mass is 19.1. The summed E-state index contributed by atoms with van der Waals surface area (Å²) in [5, 5.41) is 10.2. The van der Waals surface area contributed by atoms with Crippen LogP contribution in [0.2, 0.25) is 0 Å². The average molecular weight is 210 g/mol. The van der Waals surface area contributed by atoms with E-state index in [2.05, 4.69) is 0 Å². The second-order valence-electron chi connectivity index (χ2n) is 4.03. The van der Waals surface area contributed by atoms with E-state index in [1.165, 1.54) is 12.1 Å². The molecule has 0 amide bonds. The predicted molar refractivity (Wildman–Crippen MR) is 54.9 cm³/mol. The van der Waals surface area contributed by atoms with Gasteiger partial charge >= 0.3 is 0 Å². The number of benzene rings is 1. The van der Waals surface area contributed by atoms with Crippen molar-refractivity contribution in [3.05, 3.63) is 35.6 Å². The fourth-order valence-electron chi connectivity index (χ4n) is 2.06. The van der Waals surface area contributed by atoms with Gasteiger partial charge in [0.1, 0.15) is 5.82 Å². The molecule has 1 aliphatic rings. The standard InChI is InChI=1S/C12H15FO2/c1-2-15-11-7-12(14,8-11)9-4-3-5-10(13)6-9/h3-6,11,14H,2,7-8H2,1H3. The van der Waals surface area contributed by atoms with E-state index in [0.29, 0.717) is 25.0 Å². The minimum absolute atomic E-state index is 0.114. The normalized spacial score (nSPS) is 29.9. The van der Waals surface area contributed by atoms with Crippen molar-refractivity contribution in [3.8, 4) is 0 Å². The second kappa shape index (κ2) is 3.91. The highest BCUT2D eigenvalue weighted by molar-refractivity contribution is 5.26. The predicted octanol–water partition coefficient (Wildman–Crippen LogP) is 2.21. The van der Waals surface area contributed by atoms with Gasteiger partial charge in [-0.1, -0.05) is 12.1 Å². The smallest absolute Gasteiger partial charge is 0.123 e. The molecule has 0 atom stereocenters. The molecule has 1 fully saturated rings. The minimum atomic E-state index is -0.887. The average Bonchev–Trinajstić information content (AvgIpc) is 2.15. The maximum absolute atomic E-state index is 13.0. The van der Waals surface area contributed by atoms with Crippen LogP contribution in [-0.4, -0.2) is 17.8 Å². The van der Waals surface area contributed by atoms with Gasteiger partial charge in [-0.05, 0) is 24.6 Å². The van der Waals surface area contributed by atoms with E-state index >= 15 is 0 Å². The molecular weight excluding hydrogens is 195 g/mol. The summed E-state index contributed by atoms with van der Waals surface area (Å²) in [6.45, 7) is 2.59. The van der Waals surface area contributed by atoms with Crippen LogP contribution >= 0.6 is 0 Å². The lowest BCUT2D eigenvalue weighted by Gasteiger charge is -2.43. The van der Waals surface area contributed by atoms with Crippen molar-refractivity contribution in [2.75, 3.05) is 6.61 Å². The number of hydrogen-bond acceptors (Lipinski definition) is 2. The summed E-state index contributed by atoms with van der Waals surface area (Å²) in [6, 6.07) is 6.15. The first kappa shape index (κ1) is 10.6. The van der Waals surface area contributed by atoms with Gasteiger partial charge in [0.2, 0.25) is 0 Å². The van der Waals surface area contributed by atoms with Crippen molar-refractivity contribution in [2.24, 2.45) is 0 Å². The summed E-state index contributed by atoms with van der Waals surface area (Å²) in [4.78, 5) is 0. The van der Waals surface area contributed by atoms with E-state index in [0.717, 1.165) is 0 Å². The van der Waals surface area contributed by atoms with Gasteiger partial charge in [-0.25, -0.2) is 4.39 Å². The van der Waals surface area contributed by atoms with Gasteiger partial charge in [-0.15, -0.1) is 0 Å². The number of rotatable bonds is 3. The van der Waals surface area contributed by atoms with Crippen molar-refractivity contribution in [1.29, 1.82) is 0 Å². The molecule has 1 aliphatic carbocycles. The van der Waals surface area contributed by atoms with Gasteiger partial charge in [-0.2, -0.15) is 0 Å². The zero-order valence-corrected chi connectivity index (χ0v) is 8.74. The minimum Gasteiger partial charge on any atom is -0.385 e. The third-order valence-corrected chi connectivity index (χ3v) is 2.90. The monoisotopic (exact) mass is 210 g/mol. The van der Waals surface area contributed by atoms with E-state index in [9.17, 15) is 9.50 Å². The van der Waals surface area contributed by atoms with Crippen molar-refractivity contribution in [3.63, 3.8) is 0 Å². The largest absolute Gasteiger partial charge is 0.385 e. The zero-order chi connectivity index (χ0) is 10.9. The number of hydrogen-bond donors (Lipinski definition) is 1. The molecule has 0 heterocycles. The van der Waals surface area contributed by atoms with Gasteiger partial charge < -0.3 is 9.84 Å². The molecule has 0 aliphatic heterocycles. The zero-order valence-electron chi connectivity index (χ0n) is 8.74. The maximum Gasteiger partial charge on any atom is 0.123 e. The molecule has 0 saturated heterocycles. The van der Waals surface area contributed by atoms with E-state index in [1.54, 1.807) is 12.1 Å². The lowest BCUT2D eigenvalue weighted by Crippen LogP contribution is -2.45. The number of halogens is 1. The molecule has 2 nitrogen and oxygen atoms in total. The van der Waals surface area contributed by atoms with Gasteiger partial charge in [0.15, 0.2) is 0 Å². The van der Waals surface area contributed by atoms with Crippen molar-refractivity contribution in [2.45, 2.75) is 31.5 Å². The molecule has 0 radical (unpaired) electrons. The summed E-state index contributed by atoms with van der Waals surface area (Å²) < 4.78 is 18.3. The van der Waals surface area contributed by atoms with E-state index < -0.39 is 5.60 Å². The van der Waals surface area contributed by atoms with Crippen LogP contribution in [0.1, 0.15) is 25.3 Å². The Morgan fingerprint density at radius 1 is 1.53 bits per heavy atom. The maximum atomic E-state index is 13.0. The third-order valence-electron chi connectivity index (χ3n) is 2.90. The quantitative estimate of drug-likeness (QED) is 0.828. The van der Waals surface area contributed by atoms with Crippen LogP contribution in [0.25, 0.3) is 0 Å². The Bertz CT molecular complexity index is 345. The first-order valence-corrected chi connectivity index (χ1v) is 5.24. The Balaban J connectivity index is 2.06. The van der Waals surface area contributed by atoms with Crippen LogP contribution < -0.4 is 0 Å². The molecule has 1 aromatic carbocycles. The summed E-state index contributed by atoms with van der Waals surface area (Å²) in [7, 11) is 0. The molecule has 1 aromatic rings. The van der Waals surface area contributed by atoms with Crippen molar-refractivity contribution in [1.82, 2.24) is 0 Å². The summed E-state index contributed by atoms with van der Waals surface area (Å²) in [6.07, 6.45) is 1.23. The lowest BCUT2D eigenvalue weighted by atomic mass is 9.73. The Hall–Kier alpha value is -0.930. The number of ether oxygens (including phenoxy) is 1. The van der Waals surface area contributed by atoms with E-state index in [1.807, 2.05) is 6.92 Å². The van der Waals surface area contributed by atoms with Crippen molar-refractivity contribution < 1.29 is 14.2 Å². The number of aliphatic hydroxyl groups is 1. The van der Waals surface area contributed by atoms with Crippen molar-refractivity contribution >= 4 is 0 Å². The topological polar surface area (TPSA) is 29.5 Å². The molecule has 0 unspecified atom stereocenters. The van der Waals surface area contributed by atoms with E-state index in [4.69, 9.17) is 4.74 Å². The van der Waals surface area contributed by atoms with Crippen LogP contribution in [0, 0.1) is 5.82 Å². The van der Waals surface area contributed by atoms with Crippen LogP contribution in [-0.2, 0) is 10.3 Å². The molecule has 0 bridgehead atoms. The molecule has 1 saturated carbocycles. The molecule has 15 heavy (non-hydrogen) atoms. The molecule has 2 rings (SSSR count). The molecule has 82 valence electrons. The third kappa shape index (κ3) is 2.03. The van der Waals surface area contributed by atoms with Gasteiger partial charge in [0.05, 0.1) is 11.7 Å². The Morgan fingerprint density at radius 2 is 2.27 bits per heavy atom. The van der Waals surface area contributed by atoms with E-state index in [-0.39, 0.29) is 11.9 Å². The first-order valence-electron chi connectivity index (χ1n) is 5.24. The lowest BCUT2D eigenvalue weighted by molar-refractivity contribution is -0.142. The fraction of sp³-hybridized carbons (Fsp3) is 0.500. The first-order chi connectivity index (χ1) is 7.14. The van der Waals surface area contributed by atoms with Crippen LogP contribution in [0.5, 0.6) is 0 Å². The van der Waals surface area contributed by atoms with Gasteiger partial charge in [0.25, 0.3) is 0 Å². The fourth-order valence-corrected chi connectivity index (χ4v) is 2.06. The Morgan fingerprint density at radius 3 is 2.87 bits per heavy atom. The van der Waals surface area contributed by atoms with Gasteiger partial charge in [0, 0.05) is 19.4 Å². The molecule has 0 aromatic heterocycles. The highest BCUT2D eigenvalue weighted by Crippen LogP contribution is 2.42. The molecule has 0 spiro atoms.